The summed E-state index contributed by atoms with van der Waals surface area (Å²) in [5, 5.41) is 11.7. The van der Waals surface area contributed by atoms with Gasteiger partial charge in [0.2, 0.25) is 5.91 Å². The number of aliphatic hydroxyl groups excluding tert-OH is 1. The Morgan fingerprint density at radius 3 is 2.28 bits per heavy atom. The molecule has 0 aliphatic heterocycles. The van der Waals surface area contributed by atoms with Gasteiger partial charge >= 0.3 is 6.18 Å². The Morgan fingerprint density at radius 1 is 1.08 bits per heavy atom. The summed E-state index contributed by atoms with van der Waals surface area (Å²) < 4.78 is 37.7. The second-order valence-corrected chi connectivity index (χ2v) is 6.23. The molecule has 0 radical (unpaired) electrons. The minimum absolute atomic E-state index is 0.0315. The number of amides is 1. The normalized spacial score (nSPS) is 19.5. The van der Waals surface area contributed by atoms with Crippen molar-refractivity contribution in [2.75, 3.05) is 11.9 Å². The first kappa shape index (κ1) is 17.5. The Labute approximate surface area is 143 Å². The van der Waals surface area contributed by atoms with E-state index < -0.39 is 11.7 Å². The van der Waals surface area contributed by atoms with Crippen LogP contribution >= 0.6 is 0 Å². The molecule has 0 heterocycles. The first-order chi connectivity index (χ1) is 11.9. The van der Waals surface area contributed by atoms with E-state index >= 15 is 0 Å². The first-order valence-corrected chi connectivity index (χ1v) is 8.06. The number of carbonyl (C=O) groups excluding carboxylic acids is 1. The maximum atomic E-state index is 12.6. The van der Waals surface area contributed by atoms with Gasteiger partial charge in [-0.1, -0.05) is 24.3 Å². The SMILES string of the molecule is O=C(Nc1ccc(CCO)cc1)C1CC1c1ccc(C(F)(F)F)cc1. The zero-order chi connectivity index (χ0) is 18.0. The Hall–Kier alpha value is -2.34. The summed E-state index contributed by atoms with van der Waals surface area (Å²) in [4.78, 5) is 12.3. The molecule has 2 aromatic rings. The number of halogens is 3. The maximum Gasteiger partial charge on any atom is 0.416 e. The van der Waals surface area contributed by atoms with Crippen molar-refractivity contribution in [3.63, 3.8) is 0 Å². The van der Waals surface area contributed by atoms with Crippen LogP contribution in [-0.4, -0.2) is 17.6 Å². The van der Waals surface area contributed by atoms with Crippen molar-refractivity contribution >= 4 is 11.6 Å². The molecule has 0 saturated heterocycles. The molecule has 1 fully saturated rings. The summed E-state index contributed by atoms with van der Waals surface area (Å²) in [6.45, 7) is 0.0720. The van der Waals surface area contributed by atoms with Crippen molar-refractivity contribution in [1.29, 1.82) is 0 Å². The highest BCUT2D eigenvalue weighted by Gasteiger charge is 2.44. The molecule has 3 rings (SSSR count). The molecule has 25 heavy (non-hydrogen) atoms. The average Bonchev–Trinajstić information content (AvgIpc) is 3.37. The van der Waals surface area contributed by atoms with E-state index in [-0.39, 0.29) is 24.3 Å². The number of alkyl halides is 3. The largest absolute Gasteiger partial charge is 0.416 e. The Balaban J connectivity index is 1.58. The highest BCUT2D eigenvalue weighted by molar-refractivity contribution is 5.95. The lowest BCUT2D eigenvalue weighted by Gasteiger charge is -2.08. The third kappa shape index (κ3) is 4.20. The van der Waals surface area contributed by atoms with Crippen molar-refractivity contribution in [2.45, 2.75) is 24.9 Å². The molecule has 0 bridgehead atoms. The van der Waals surface area contributed by atoms with E-state index in [0.29, 0.717) is 18.5 Å². The van der Waals surface area contributed by atoms with Crippen molar-refractivity contribution in [1.82, 2.24) is 0 Å². The van der Waals surface area contributed by atoms with Crippen LogP contribution in [0.25, 0.3) is 0 Å². The fourth-order valence-corrected chi connectivity index (χ4v) is 2.89. The third-order valence-electron chi connectivity index (χ3n) is 4.42. The molecule has 6 heteroatoms. The summed E-state index contributed by atoms with van der Waals surface area (Å²) in [6, 6.07) is 12.2. The summed E-state index contributed by atoms with van der Waals surface area (Å²) >= 11 is 0. The van der Waals surface area contributed by atoms with Crippen LogP contribution in [-0.2, 0) is 17.4 Å². The molecule has 3 nitrogen and oxygen atoms in total. The molecule has 1 aliphatic rings. The topological polar surface area (TPSA) is 49.3 Å². The van der Waals surface area contributed by atoms with E-state index in [0.717, 1.165) is 23.3 Å². The van der Waals surface area contributed by atoms with E-state index in [1.807, 2.05) is 12.1 Å². The van der Waals surface area contributed by atoms with Crippen LogP contribution in [0.2, 0.25) is 0 Å². The van der Waals surface area contributed by atoms with Crippen LogP contribution in [0.5, 0.6) is 0 Å². The molecule has 1 saturated carbocycles. The van der Waals surface area contributed by atoms with Crippen LogP contribution in [0, 0.1) is 5.92 Å². The number of benzene rings is 2. The van der Waals surface area contributed by atoms with E-state index in [2.05, 4.69) is 5.32 Å². The average molecular weight is 349 g/mol. The molecule has 2 N–H and O–H groups in total. The molecule has 1 aliphatic carbocycles. The quantitative estimate of drug-likeness (QED) is 0.858. The van der Waals surface area contributed by atoms with Gasteiger partial charge in [-0.25, -0.2) is 0 Å². The summed E-state index contributed by atoms with van der Waals surface area (Å²) in [7, 11) is 0. The molecule has 2 unspecified atom stereocenters. The van der Waals surface area contributed by atoms with Gasteiger partial charge in [0.05, 0.1) is 5.56 Å². The summed E-state index contributed by atoms with van der Waals surface area (Å²) in [6.07, 6.45) is -3.15. The Morgan fingerprint density at radius 2 is 1.72 bits per heavy atom. The first-order valence-electron chi connectivity index (χ1n) is 8.06. The third-order valence-corrected chi connectivity index (χ3v) is 4.42. The lowest BCUT2D eigenvalue weighted by atomic mass is 10.1. The molecule has 2 aromatic carbocycles. The molecule has 0 spiro atoms. The van der Waals surface area contributed by atoms with Crippen LogP contribution in [0.1, 0.15) is 29.0 Å². The van der Waals surface area contributed by atoms with Crippen molar-refractivity contribution in [2.24, 2.45) is 5.92 Å². The summed E-state index contributed by atoms with van der Waals surface area (Å²) in [5.74, 6) is -0.371. The van der Waals surface area contributed by atoms with Gasteiger partial charge in [0.1, 0.15) is 0 Å². The number of rotatable bonds is 5. The van der Waals surface area contributed by atoms with E-state index in [4.69, 9.17) is 5.11 Å². The van der Waals surface area contributed by atoms with Gasteiger partial charge < -0.3 is 10.4 Å². The van der Waals surface area contributed by atoms with Gasteiger partial charge in [0, 0.05) is 18.2 Å². The fourth-order valence-electron chi connectivity index (χ4n) is 2.89. The standard InChI is InChI=1S/C19H18F3NO2/c20-19(21,22)14-5-3-13(4-6-14)16-11-17(16)18(25)23-15-7-1-12(2-8-15)9-10-24/h1-8,16-17,24H,9-11H2,(H,23,25). The van der Waals surface area contributed by atoms with Crippen molar-refractivity contribution < 1.29 is 23.1 Å². The number of aliphatic hydroxyl groups is 1. The van der Waals surface area contributed by atoms with E-state index in [1.165, 1.54) is 12.1 Å². The monoisotopic (exact) mass is 349 g/mol. The van der Waals surface area contributed by atoms with Crippen molar-refractivity contribution in [3.8, 4) is 0 Å². The molecule has 132 valence electrons. The zero-order valence-electron chi connectivity index (χ0n) is 13.4. The highest BCUT2D eigenvalue weighted by atomic mass is 19.4. The smallest absolute Gasteiger partial charge is 0.396 e. The number of hydrogen-bond acceptors (Lipinski definition) is 2. The Kier molecular flexibility index (Phi) is 4.81. The molecule has 1 amide bonds. The van der Waals surface area contributed by atoms with E-state index in [9.17, 15) is 18.0 Å². The second kappa shape index (κ2) is 6.88. The molecule has 2 atom stereocenters. The zero-order valence-corrected chi connectivity index (χ0v) is 13.4. The minimum atomic E-state index is -4.35. The number of nitrogens with one attached hydrogen (secondary N) is 1. The lowest BCUT2D eigenvalue weighted by molar-refractivity contribution is -0.137. The highest BCUT2D eigenvalue weighted by Crippen LogP contribution is 2.48. The van der Waals surface area contributed by atoms with Crippen LogP contribution in [0.4, 0.5) is 18.9 Å². The minimum Gasteiger partial charge on any atom is -0.396 e. The van der Waals surface area contributed by atoms with Gasteiger partial charge in [-0.3, -0.25) is 4.79 Å². The summed E-state index contributed by atoms with van der Waals surface area (Å²) in [5.41, 5.74) is 1.73. The molecule has 0 aromatic heterocycles. The molecular weight excluding hydrogens is 331 g/mol. The van der Waals surface area contributed by atoms with Crippen molar-refractivity contribution in [3.05, 3.63) is 65.2 Å². The lowest BCUT2D eigenvalue weighted by Crippen LogP contribution is -2.14. The van der Waals surface area contributed by atoms with Gasteiger partial charge in [0.15, 0.2) is 0 Å². The predicted molar refractivity (Wildman–Crippen MR) is 88.2 cm³/mol. The van der Waals surface area contributed by atoms with Gasteiger partial charge in [0.25, 0.3) is 0 Å². The van der Waals surface area contributed by atoms with Gasteiger partial charge in [-0.2, -0.15) is 13.2 Å². The van der Waals surface area contributed by atoms with Crippen LogP contribution in [0.3, 0.4) is 0 Å². The molecular formula is C19H18F3NO2. The van der Waals surface area contributed by atoms with Crippen LogP contribution < -0.4 is 5.32 Å². The number of hydrogen-bond donors (Lipinski definition) is 2. The van der Waals surface area contributed by atoms with Crippen LogP contribution in [0.15, 0.2) is 48.5 Å². The predicted octanol–water partition coefficient (Wildman–Crippen LogP) is 3.98. The Bertz CT molecular complexity index is 739. The van der Waals surface area contributed by atoms with Gasteiger partial charge in [-0.15, -0.1) is 0 Å². The fraction of sp³-hybridized carbons (Fsp3) is 0.316. The van der Waals surface area contributed by atoms with E-state index in [1.54, 1.807) is 12.1 Å². The second-order valence-electron chi connectivity index (χ2n) is 6.23. The number of carbonyl (C=O) groups is 1. The maximum absolute atomic E-state index is 12.6. The number of anilines is 1. The van der Waals surface area contributed by atoms with Gasteiger partial charge in [-0.05, 0) is 54.2 Å².